The van der Waals surface area contributed by atoms with Crippen LogP contribution in [0, 0.1) is 0 Å². The summed E-state index contributed by atoms with van der Waals surface area (Å²) < 4.78 is 5.16. The van der Waals surface area contributed by atoms with Gasteiger partial charge in [-0.15, -0.1) is 0 Å². The summed E-state index contributed by atoms with van der Waals surface area (Å²) in [4.78, 5) is 24.1. The van der Waals surface area contributed by atoms with Crippen molar-refractivity contribution in [3.63, 3.8) is 0 Å². The average molecular weight is 375 g/mol. The molecule has 28 heavy (non-hydrogen) atoms. The average Bonchev–Trinajstić information content (AvgIpc) is 2.72. The van der Waals surface area contributed by atoms with Gasteiger partial charge in [-0.3, -0.25) is 4.79 Å². The first-order valence-electron chi connectivity index (χ1n) is 8.80. The van der Waals surface area contributed by atoms with Gasteiger partial charge in [0.2, 0.25) is 0 Å². The number of amides is 2. The highest BCUT2D eigenvalue weighted by molar-refractivity contribution is 6.04. The molecule has 0 bridgehead atoms. The molecule has 3 aromatic rings. The zero-order chi connectivity index (χ0) is 19.8. The van der Waals surface area contributed by atoms with Crippen molar-refractivity contribution in [1.82, 2.24) is 5.32 Å². The van der Waals surface area contributed by atoms with Crippen molar-refractivity contribution < 1.29 is 14.3 Å². The lowest BCUT2D eigenvalue weighted by Gasteiger charge is -2.09. The van der Waals surface area contributed by atoms with Crippen LogP contribution >= 0.6 is 0 Å². The van der Waals surface area contributed by atoms with Crippen molar-refractivity contribution in [2.75, 3.05) is 11.1 Å². The predicted molar refractivity (Wildman–Crippen MR) is 109 cm³/mol. The van der Waals surface area contributed by atoms with Gasteiger partial charge < -0.3 is 21.1 Å². The van der Waals surface area contributed by atoms with Gasteiger partial charge in [-0.05, 0) is 41.5 Å². The van der Waals surface area contributed by atoms with Crippen molar-refractivity contribution in [3.05, 3.63) is 95.6 Å². The number of nitrogen functional groups attached to an aromatic ring is 1. The fourth-order valence-electron chi connectivity index (χ4n) is 2.54. The van der Waals surface area contributed by atoms with E-state index in [1.54, 1.807) is 48.5 Å². The van der Waals surface area contributed by atoms with E-state index >= 15 is 0 Å². The van der Waals surface area contributed by atoms with Crippen molar-refractivity contribution in [2.45, 2.75) is 13.2 Å². The van der Waals surface area contributed by atoms with Gasteiger partial charge in [-0.25, -0.2) is 4.79 Å². The van der Waals surface area contributed by atoms with E-state index in [4.69, 9.17) is 10.5 Å². The van der Waals surface area contributed by atoms with E-state index in [-0.39, 0.29) is 12.5 Å². The Morgan fingerprint density at radius 3 is 2.32 bits per heavy atom. The first-order valence-corrected chi connectivity index (χ1v) is 8.80. The maximum absolute atomic E-state index is 12.3. The summed E-state index contributed by atoms with van der Waals surface area (Å²) in [5.41, 5.74) is 9.22. The minimum absolute atomic E-state index is 0.218. The lowest BCUT2D eigenvalue weighted by atomic mass is 10.1. The van der Waals surface area contributed by atoms with E-state index in [1.165, 1.54) is 0 Å². The Morgan fingerprint density at radius 1 is 0.857 bits per heavy atom. The number of ether oxygens (including phenoxy) is 1. The summed E-state index contributed by atoms with van der Waals surface area (Å²) in [5, 5.41) is 5.48. The van der Waals surface area contributed by atoms with Crippen molar-refractivity contribution in [2.24, 2.45) is 0 Å². The van der Waals surface area contributed by atoms with Crippen LogP contribution in [0.4, 0.5) is 16.2 Å². The van der Waals surface area contributed by atoms with Gasteiger partial charge >= 0.3 is 6.09 Å². The molecule has 0 fully saturated rings. The summed E-state index contributed by atoms with van der Waals surface area (Å²) >= 11 is 0. The van der Waals surface area contributed by atoms with Gasteiger partial charge in [-0.2, -0.15) is 0 Å². The van der Waals surface area contributed by atoms with E-state index in [9.17, 15) is 9.59 Å². The molecule has 0 unspecified atom stereocenters. The third-order valence-electron chi connectivity index (χ3n) is 4.01. The van der Waals surface area contributed by atoms with E-state index in [0.717, 1.165) is 11.1 Å². The normalized spacial score (nSPS) is 10.1. The number of carbonyl (C=O) groups is 2. The van der Waals surface area contributed by atoms with Crippen LogP contribution in [0.25, 0.3) is 0 Å². The Morgan fingerprint density at radius 2 is 1.61 bits per heavy atom. The zero-order valence-corrected chi connectivity index (χ0v) is 15.2. The molecule has 0 saturated heterocycles. The molecule has 3 aromatic carbocycles. The van der Waals surface area contributed by atoms with Crippen LogP contribution in [0.5, 0.6) is 0 Å². The van der Waals surface area contributed by atoms with Gasteiger partial charge in [0.15, 0.2) is 0 Å². The Labute approximate surface area is 163 Å². The first kappa shape index (κ1) is 19.0. The SMILES string of the molecule is Nc1cccc(NC(=O)c2ccc(CNC(=O)OCc3ccccc3)cc2)c1. The molecule has 0 atom stereocenters. The molecule has 0 spiro atoms. The van der Waals surface area contributed by atoms with E-state index in [2.05, 4.69) is 10.6 Å². The minimum Gasteiger partial charge on any atom is -0.445 e. The van der Waals surface area contributed by atoms with Gasteiger partial charge in [0.05, 0.1) is 0 Å². The fourth-order valence-corrected chi connectivity index (χ4v) is 2.54. The molecule has 6 nitrogen and oxygen atoms in total. The Bertz CT molecular complexity index is 941. The molecule has 0 aromatic heterocycles. The molecular formula is C22H21N3O3. The molecule has 2 amide bonds. The summed E-state index contributed by atoms with van der Waals surface area (Å²) in [5.74, 6) is -0.229. The number of benzene rings is 3. The molecule has 0 aliphatic heterocycles. The van der Waals surface area contributed by atoms with Crippen molar-refractivity contribution in [3.8, 4) is 0 Å². The van der Waals surface area contributed by atoms with Crippen LogP contribution in [0.15, 0.2) is 78.9 Å². The fraction of sp³-hybridized carbons (Fsp3) is 0.0909. The van der Waals surface area contributed by atoms with Crippen LogP contribution in [0.1, 0.15) is 21.5 Å². The van der Waals surface area contributed by atoms with Crippen LogP contribution in [0.2, 0.25) is 0 Å². The number of anilines is 2. The predicted octanol–water partition coefficient (Wildman–Crippen LogP) is 3.95. The van der Waals surface area contributed by atoms with Crippen molar-refractivity contribution in [1.29, 1.82) is 0 Å². The molecule has 0 heterocycles. The largest absolute Gasteiger partial charge is 0.445 e. The molecule has 0 aliphatic carbocycles. The first-order chi connectivity index (χ1) is 13.6. The number of nitrogens with one attached hydrogen (secondary N) is 2. The van der Waals surface area contributed by atoms with E-state index in [0.29, 0.717) is 23.5 Å². The van der Waals surface area contributed by atoms with Crippen LogP contribution < -0.4 is 16.4 Å². The zero-order valence-electron chi connectivity index (χ0n) is 15.2. The molecule has 0 saturated carbocycles. The summed E-state index contributed by atoms with van der Waals surface area (Å²) in [6.45, 7) is 0.528. The number of carbonyl (C=O) groups excluding carboxylic acids is 2. The molecule has 0 aliphatic rings. The maximum atomic E-state index is 12.3. The lowest BCUT2D eigenvalue weighted by molar-refractivity contribution is 0.102. The van der Waals surface area contributed by atoms with Crippen LogP contribution in [0.3, 0.4) is 0 Å². The second kappa shape index (κ2) is 9.23. The highest BCUT2D eigenvalue weighted by atomic mass is 16.5. The third-order valence-corrected chi connectivity index (χ3v) is 4.01. The third kappa shape index (κ3) is 5.60. The molecular weight excluding hydrogens is 354 g/mol. The minimum atomic E-state index is -0.493. The summed E-state index contributed by atoms with van der Waals surface area (Å²) in [6.07, 6.45) is -0.493. The Kier molecular flexibility index (Phi) is 6.25. The van der Waals surface area contributed by atoms with Gasteiger partial charge in [0, 0.05) is 23.5 Å². The smallest absolute Gasteiger partial charge is 0.407 e. The molecule has 0 radical (unpaired) electrons. The summed E-state index contributed by atoms with van der Waals surface area (Å²) in [7, 11) is 0. The number of rotatable bonds is 6. The Hall–Kier alpha value is -3.80. The second-order valence-electron chi connectivity index (χ2n) is 6.19. The van der Waals surface area contributed by atoms with E-state index < -0.39 is 6.09 Å². The number of hydrogen-bond donors (Lipinski definition) is 3. The quantitative estimate of drug-likeness (QED) is 0.569. The van der Waals surface area contributed by atoms with Crippen LogP contribution in [-0.4, -0.2) is 12.0 Å². The number of alkyl carbamates (subject to hydrolysis) is 1. The molecule has 4 N–H and O–H groups in total. The molecule has 3 rings (SSSR count). The standard InChI is InChI=1S/C22H21N3O3/c23-19-7-4-8-20(13-19)25-21(26)18-11-9-16(10-12-18)14-24-22(27)28-15-17-5-2-1-3-6-17/h1-13H,14-15,23H2,(H,24,27)(H,25,26). The molecule has 142 valence electrons. The van der Waals surface area contributed by atoms with E-state index in [1.807, 2.05) is 30.3 Å². The van der Waals surface area contributed by atoms with Gasteiger partial charge in [0.1, 0.15) is 6.61 Å². The lowest BCUT2D eigenvalue weighted by Crippen LogP contribution is -2.23. The summed E-state index contributed by atoms with van der Waals surface area (Å²) in [6, 6.07) is 23.4. The Balaban J connectivity index is 1.47. The highest BCUT2D eigenvalue weighted by Crippen LogP contribution is 2.14. The van der Waals surface area contributed by atoms with Gasteiger partial charge in [-0.1, -0.05) is 48.5 Å². The topological polar surface area (TPSA) is 93.5 Å². The maximum Gasteiger partial charge on any atom is 0.407 e. The second-order valence-corrected chi connectivity index (χ2v) is 6.19. The number of hydrogen-bond acceptors (Lipinski definition) is 4. The number of nitrogens with two attached hydrogens (primary N) is 1. The molecule has 6 heteroatoms. The van der Waals surface area contributed by atoms with Gasteiger partial charge in [0.25, 0.3) is 5.91 Å². The highest BCUT2D eigenvalue weighted by Gasteiger charge is 2.07. The monoisotopic (exact) mass is 375 g/mol. The van der Waals surface area contributed by atoms with Crippen LogP contribution in [-0.2, 0) is 17.9 Å². The van der Waals surface area contributed by atoms with Crippen molar-refractivity contribution >= 4 is 23.4 Å².